The summed E-state index contributed by atoms with van der Waals surface area (Å²) in [5.74, 6) is 0. The van der Waals surface area contributed by atoms with Crippen molar-refractivity contribution in [3.05, 3.63) is 193 Å². The molecule has 242 valence electrons. The third-order valence-corrected chi connectivity index (χ3v) is 15.0. The van der Waals surface area contributed by atoms with Gasteiger partial charge in [-0.05, 0) is 72.5 Å². The summed E-state index contributed by atoms with van der Waals surface area (Å²) in [5, 5.41) is 3.32. The highest BCUT2D eigenvalue weighted by Crippen LogP contribution is 2.50. The summed E-state index contributed by atoms with van der Waals surface area (Å²) in [7, 11) is -6.36. The molecule has 0 radical (unpaired) electrons. The number of unbranched alkanes of at least 4 members (excludes halogenated alkanes) is 1. The van der Waals surface area contributed by atoms with Crippen LogP contribution >= 0.6 is 14.6 Å². The van der Waals surface area contributed by atoms with Gasteiger partial charge in [0.2, 0.25) is 14.6 Å². The summed E-state index contributed by atoms with van der Waals surface area (Å²) in [6.45, 7) is 2.36. The SMILES string of the molecule is O=P(c1ccccc1)(c1ccccc1)N(CCCCN(Cc1ccccc1)P(=O)(c1ccccc1)c1ccccc1)Cc1ccccc1. The largest absolute Gasteiger partial charge is 0.296 e. The van der Waals surface area contributed by atoms with Gasteiger partial charge in [-0.25, -0.2) is 9.34 Å². The lowest BCUT2D eigenvalue weighted by molar-refractivity contribution is 0.370. The van der Waals surface area contributed by atoms with Crippen LogP contribution in [0.15, 0.2) is 182 Å². The maximum atomic E-state index is 15.5. The Morgan fingerprint density at radius 2 is 0.562 bits per heavy atom. The number of nitrogens with zero attached hydrogens (tertiary/aromatic N) is 2. The van der Waals surface area contributed by atoms with Gasteiger partial charge < -0.3 is 0 Å². The molecule has 6 aromatic rings. The zero-order valence-corrected chi connectivity index (χ0v) is 29.0. The molecule has 0 saturated carbocycles. The summed E-state index contributed by atoms with van der Waals surface area (Å²) >= 11 is 0. The molecule has 0 bridgehead atoms. The van der Waals surface area contributed by atoms with Crippen LogP contribution in [0, 0.1) is 0 Å². The fourth-order valence-electron chi connectivity index (χ4n) is 6.29. The van der Waals surface area contributed by atoms with Crippen LogP contribution in [0.3, 0.4) is 0 Å². The molecular weight excluding hydrogens is 626 g/mol. The van der Waals surface area contributed by atoms with Crippen LogP contribution in [0.5, 0.6) is 0 Å². The third-order valence-electron chi connectivity index (χ3n) is 8.72. The second-order valence-electron chi connectivity index (χ2n) is 11.9. The van der Waals surface area contributed by atoms with Crippen molar-refractivity contribution < 1.29 is 9.13 Å². The number of rotatable bonds is 15. The third kappa shape index (κ3) is 7.70. The van der Waals surface area contributed by atoms with Gasteiger partial charge in [0, 0.05) is 47.4 Å². The molecule has 0 atom stereocenters. The molecule has 0 fully saturated rings. The van der Waals surface area contributed by atoms with Crippen molar-refractivity contribution >= 4 is 35.8 Å². The highest BCUT2D eigenvalue weighted by molar-refractivity contribution is 7.77. The first-order valence-electron chi connectivity index (χ1n) is 16.6. The zero-order valence-electron chi connectivity index (χ0n) is 27.2. The minimum atomic E-state index is -3.18. The van der Waals surface area contributed by atoms with Crippen molar-refractivity contribution in [2.24, 2.45) is 0 Å². The maximum absolute atomic E-state index is 15.5. The molecule has 0 unspecified atom stereocenters. The van der Waals surface area contributed by atoms with Gasteiger partial charge >= 0.3 is 0 Å². The molecule has 0 amide bonds. The van der Waals surface area contributed by atoms with E-state index in [4.69, 9.17) is 0 Å². The van der Waals surface area contributed by atoms with Crippen molar-refractivity contribution in [3.63, 3.8) is 0 Å². The van der Waals surface area contributed by atoms with Crippen LogP contribution in [-0.2, 0) is 22.2 Å². The molecule has 0 N–H and O–H groups in total. The number of benzene rings is 6. The van der Waals surface area contributed by atoms with E-state index in [-0.39, 0.29) is 0 Å². The Morgan fingerprint density at radius 1 is 0.333 bits per heavy atom. The van der Waals surface area contributed by atoms with Crippen LogP contribution in [0.1, 0.15) is 24.0 Å². The molecule has 6 rings (SSSR count). The van der Waals surface area contributed by atoms with E-state index in [0.717, 1.165) is 45.2 Å². The predicted octanol–water partition coefficient (Wildman–Crippen LogP) is 8.63. The first-order chi connectivity index (χ1) is 23.6. The van der Waals surface area contributed by atoms with E-state index in [1.54, 1.807) is 0 Å². The molecule has 6 heteroatoms. The Labute approximate surface area is 285 Å². The van der Waals surface area contributed by atoms with E-state index in [2.05, 4.69) is 33.6 Å². The van der Waals surface area contributed by atoms with Gasteiger partial charge in [0.25, 0.3) is 0 Å². The normalized spacial score (nSPS) is 12.0. The van der Waals surface area contributed by atoms with Gasteiger partial charge in [-0.15, -0.1) is 0 Å². The molecule has 4 nitrogen and oxygen atoms in total. The topological polar surface area (TPSA) is 40.6 Å². The fourth-order valence-corrected chi connectivity index (χ4v) is 12.1. The molecule has 0 spiro atoms. The maximum Gasteiger partial charge on any atom is 0.207 e. The van der Waals surface area contributed by atoms with Crippen molar-refractivity contribution in [2.75, 3.05) is 13.1 Å². The van der Waals surface area contributed by atoms with Gasteiger partial charge in [0.15, 0.2) is 0 Å². The van der Waals surface area contributed by atoms with E-state index >= 15 is 9.13 Å². The average molecular weight is 669 g/mol. The predicted molar refractivity (Wildman–Crippen MR) is 202 cm³/mol. The summed E-state index contributed by atoms with van der Waals surface area (Å²) in [4.78, 5) is 0. The van der Waals surface area contributed by atoms with Crippen LogP contribution < -0.4 is 21.2 Å². The van der Waals surface area contributed by atoms with Gasteiger partial charge in [-0.3, -0.25) is 9.13 Å². The molecule has 0 aliphatic rings. The van der Waals surface area contributed by atoms with Crippen molar-refractivity contribution in [2.45, 2.75) is 25.9 Å². The molecular formula is C42H42N2O2P2. The quantitative estimate of drug-likeness (QED) is 0.0812. The second-order valence-corrected chi connectivity index (χ2v) is 17.4. The first-order valence-corrected chi connectivity index (χ1v) is 19.9. The summed E-state index contributed by atoms with van der Waals surface area (Å²) in [5.41, 5.74) is 2.24. The van der Waals surface area contributed by atoms with Crippen LogP contribution in [-0.4, -0.2) is 22.4 Å². The van der Waals surface area contributed by atoms with Crippen LogP contribution in [0.4, 0.5) is 0 Å². The average Bonchev–Trinajstić information content (AvgIpc) is 3.17. The molecule has 6 aromatic carbocycles. The van der Waals surface area contributed by atoms with E-state index in [0.29, 0.717) is 26.2 Å². The summed E-state index contributed by atoms with van der Waals surface area (Å²) in [6.07, 6.45) is 1.57. The molecule has 0 aliphatic carbocycles. The minimum Gasteiger partial charge on any atom is -0.296 e. The Balaban J connectivity index is 1.32. The lowest BCUT2D eigenvalue weighted by atomic mass is 10.2. The molecule has 0 heterocycles. The number of hydrogen-bond donors (Lipinski definition) is 0. The Hall–Kier alpha value is -4.30. The first kappa shape index (κ1) is 33.6. The fraction of sp³-hybridized carbons (Fsp3) is 0.143. The van der Waals surface area contributed by atoms with Crippen molar-refractivity contribution in [1.29, 1.82) is 0 Å². The van der Waals surface area contributed by atoms with E-state index in [9.17, 15) is 0 Å². The monoisotopic (exact) mass is 668 g/mol. The summed E-state index contributed by atoms with van der Waals surface area (Å²) < 4.78 is 35.3. The van der Waals surface area contributed by atoms with Crippen LogP contribution in [0.2, 0.25) is 0 Å². The van der Waals surface area contributed by atoms with Gasteiger partial charge in [0.1, 0.15) is 0 Å². The minimum absolute atomic E-state index is 0.558. The molecule has 0 aromatic heterocycles. The molecule has 48 heavy (non-hydrogen) atoms. The van der Waals surface area contributed by atoms with Crippen molar-refractivity contribution in [1.82, 2.24) is 9.34 Å². The van der Waals surface area contributed by atoms with E-state index in [1.165, 1.54) is 0 Å². The lowest BCUT2D eigenvalue weighted by Crippen LogP contribution is -2.34. The van der Waals surface area contributed by atoms with Gasteiger partial charge in [-0.2, -0.15) is 0 Å². The Morgan fingerprint density at radius 3 is 0.812 bits per heavy atom. The van der Waals surface area contributed by atoms with E-state index < -0.39 is 14.6 Å². The highest BCUT2D eigenvalue weighted by Gasteiger charge is 2.36. The smallest absolute Gasteiger partial charge is 0.207 e. The second kappa shape index (κ2) is 16.2. The zero-order chi connectivity index (χ0) is 33.1. The highest BCUT2D eigenvalue weighted by atomic mass is 31.2. The molecule has 0 aliphatic heterocycles. The van der Waals surface area contributed by atoms with Crippen molar-refractivity contribution in [3.8, 4) is 0 Å². The Bertz CT molecular complexity index is 1690. The van der Waals surface area contributed by atoms with Gasteiger partial charge in [-0.1, -0.05) is 133 Å². The van der Waals surface area contributed by atoms with Crippen LogP contribution in [0.25, 0.3) is 0 Å². The van der Waals surface area contributed by atoms with Gasteiger partial charge in [0.05, 0.1) is 0 Å². The van der Waals surface area contributed by atoms with E-state index in [1.807, 2.05) is 158 Å². The molecule has 0 saturated heterocycles. The lowest BCUT2D eigenvalue weighted by Gasteiger charge is -2.34. The number of hydrogen-bond acceptors (Lipinski definition) is 2. The Kier molecular flexibility index (Phi) is 11.3. The summed E-state index contributed by atoms with van der Waals surface area (Å²) in [6, 6.07) is 60.1. The standard InChI is InChI=1S/C42H42N2O2P2/c45-47(39-25-11-3-12-26-39,40-27-13-4-14-28-40)43(35-37-21-7-1-8-22-37)33-19-20-34-44(36-38-23-9-2-10-24-38)48(46,41-29-15-5-16-30-41)42-31-17-6-18-32-42/h1-18,21-32H,19-20,33-36H2.